The molecular weight excluding hydrogens is 324 g/mol. The van der Waals surface area contributed by atoms with E-state index in [1.165, 1.54) is 0 Å². The van der Waals surface area contributed by atoms with Crippen LogP contribution >= 0.6 is 11.8 Å². The van der Waals surface area contributed by atoms with Crippen LogP contribution in [0.1, 0.15) is 43.6 Å². The Morgan fingerprint density at radius 2 is 2.08 bits per heavy atom. The summed E-state index contributed by atoms with van der Waals surface area (Å²) < 4.78 is 1.40. The molecular formula is C17H26N4O2S. The molecule has 24 heavy (non-hydrogen) atoms. The van der Waals surface area contributed by atoms with Crippen LogP contribution in [0.15, 0.2) is 0 Å². The highest BCUT2D eigenvalue weighted by Crippen LogP contribution is 2.33. The van der Waals surface area contributed by atoms with Crippen LogP contribution in [-0.4, -0.2) is 49.1 Å². The average Bonchev–Trinajstić information content (AvgIpc) is 3.30. The first kappa shape index (κ1) is 17.3. The molecule has 2 amide bonds. The van der Waals surface area contributed by atoms with E-state index in [4.69, 9.17) is 0 Å². The summed E-state index contributed by atoms with van der Waals surface area (Å²) in [5, 5.41) is 7.37. The maximum atomic E-state index is 13.0. The third-order valence-corrected chi connectivity index (χ3v) is 6.43. The molecule has 1 aromatic rings. The Morgan fingerprint density at radius 1 is 1.42 bits per heavy atom. The molecule has 1 N–H and O–H groups in total. The second-order valence-corrected chi connectivity index (χ2v) is 8.96. The first-order valence-corrected chi connectivity index (χ1v) is 9.43. The molecule has 0 bridgehead atoms. The molecule has 0 aromatic carbocycles. The predicted octanol–water partition coefficient (Wildman–Crippen LogP) is 1.54. The Labute approximate surface area is 147 Å². The van der Waals surface area contributed by atoms with Crippen molar-refractivity contribution in [2.24, 2.45) is 7.05 Å². The topological polar surface area (TPSA) is 67.2 Å². The fourth-order valence-electron chi connectivity index (χ4n) is 3.05. The number of aryl methyl sites for hydroxylation is 2. The van der Waals surface area contributed by atoms with Gasteiger partial charge in [0.2, 0.25) is 11.8 Å². The molecule has 0 radical (unpaired) electrons. The summed E-state index contributed by atoms with van der Waals surface area (Å²) in [4.78, 5) is 27.2. The van der Waals surface area contributed by atoms with Gasteiger partial charge in [-0.25, -0.2) is 0 Å². The van der Waals surface area contributed by atoms with Crippen LogP contribution in [0.25, 0.3) is 0 Å². The molecule has 6 nitrogen and oxygen atoms in total. The van der Waals surface area contributed by atoms with Crippen LogP contribution in [0.5, 0.6) is 0 Å². The number of rotatable bonds is 4. The van der Waals surface area contributed by atoms with Gasteiger partial charge in [-0.05, 0) is 40.5 Å². The van der Waals surface area contributed by atoms with E-state index in [9.17, 15) is 9.59 Å². The molecule has 1 saturated heterocycles. The van der Waals surface area contributed by atoms with Crippen molar-refractivity contribution >= 4 is 23.6 Å². The number of carbonyl (C=O) groups excluding carboxylic acids is 2. The summed E-state index contributed by atoms with van der Waals surface area (Å²) in [5.74, 6) is 0.615. The fraction of sp³-hybridized carbons (Fsp3) is 0.706. The van der Waals surface area contributed by atoms with E-state index in [0.717, 1.165) is 29.8 Å². The van der Waals surface area contributed by atoms with Crippen LogP contribution in [0.3, 0.4) is 0 Å². The number of carbonyl (C=O) groups is 2. The first-order valence-electron chi connectivity index (χ1n) is 8.45. The molecule has 1 saturated carbocycles. The predicted molar refractivity (Wildman–Crippen MR) is 94.7 cm³/mol. The Balaban J connectivity index is 1.77. The molecule has 1 unspecified atom stereocenters. The Bertz CT molecular complexity index is 678. The van der Waals surface area contributed by atoms with Gasteiger partial charge in [-0.15, -0.1) is 11.8 Å². The third kappa shape index (κ3) is 3.18. The van der Waals surface area contributed by atoms with E-state index in [1.54, 1.807) is 11.8 Å². The van der Waals surface area contributed by atoms with Gasteiger partial charge in [0.25, 0.3) is 0 Å². The molecule has 1 aromatic heterocycles. The molecule has 1 atom stereocenters. The van der Waals surface area contributed by atoms with Crippen molar-refractivity contribution in [2.45, 2.75) is 63.9 Å². The molecule has 1 aliphatic heterocycles. The highest BCUT2D eigenvalue weighted by Gasteiger charge is 2.42. The summed E-state index contributed by atoms with van der Waals surface area (Å²) in [6.07, 6.45) is 2.09. The second kappa shape index (κ2) is 6.10. The minimum absolute atomic E-state index is 0.0384. The summed E-state index contributed by atoms with van der Waals surface area (Å²) in [7, 11) is 1.93. The summed E-state index contributed by atoms with van der Waals surface area (Å²) >= 11 is 1.56. The molecule has 3 rings (SSSR count). The molecule has 1 aliphatic carbocycles. The zero-order chi connectivity index (χ0) is 17.6. The van der Waals surface area contributed by atoms with E-state index in [2.05, 4.69) is 10.4 Å². The summed E-state index contributed by atoms with van der Waals surface area (Å²) in [6, 6.07) is -0.123. The normalized spacial score (nSPS) is 23.0. The number of thioether (sulfide) groups is 1. The molecule has 2 aliphatic rings. The lowest BCUT2D eigenvalue weighted by atomic mass is 10.1. The zero-order valence-corrected chi connectivity index (χ0v) is 15.9. The van der Waals surface area contributed by atoms with Gasteiger partial charge >= 0.3 is 0 Å². The maximum absolute atomic E-state index is 13.0. The van der Waals surface area contributed by atoms with Gasteiger partial charge in [0, 0.05) is 36.6 Å². The van der Waals surface area contributed by atoms with Gasteiger partial charge in [-0.3, -0.25) is 14.3 Å². The Hall–Kier alpha value is -1.50. The van der Waals surface area contributed by atoms with E-state index >= 15 is 0 Å². The van der Waals surface area contributed by atoms with Crippen molar-refractivity contribution in [2.75, 3.05) is 5.75 Å². The molecule has 0 spiro atoms. The van der Waals surface area contributed by atoms with Crippen molar-refractivity contribution in [3.8, 4) is 0 Å². The zero-order valence-electron chi connectivity index (χ0n) is 15.0. The van der Waals surface area contributed by atoms with Gasteiger partial charge in [0.1, 0.15) is 6.04 Å². The van der Waals surface area contributed by atoms with Crippen LogP contribution in [0.2, 0.25) is 0 Å². The van der Waals surface area contributed by atoms with Crippen molar-refractivity contribution < 1.29 is 9.59 Å². The van der Waals surface area contributed by atoms with Crippen molar-refractivity contribution in [3.05, 3.63) is 17.0 Å². The number of aromatic nitrogens is 2. The van der Waals surface area contributed by atoms with Crippen molar-refractivity contribution in [1.29, 1.82) is 0 Å². The third-order valence-electron chi connectivity index (χ3n) is 5.02. The Kier molecular flexibility index (Phi) is 4.40. The lowest BCUT2D eigenvalue weighted by Crippen LogP contribution is -2.58. The van der Waals surface area contributed by atoms with Gasteiger partial charge in [-0.1, -0.05) is 0 Å². The monoisotopic (exact) mass is 350 g/mol. The fourth-order valence-corrected chi connectivity index (χ4v) is 4.05. The smallest absolute Gasteiger partial charge is 0.246 e. The van der Waals surface area contributed by atoms with Crippen molar-refractivity contribution in [3.63, 3.8) is 0 Å². The van der Waals surface area contributed by atoms with Crippen LogP contribution in [0, 0.1) is 13.8 Å². The van der Waals surface area contributed by atoms with Gasteiger partial charge in [-0.2, -0.15) is 5.10 Å². The van der Waals surface area contributed by atoms with Gasteiger partial charge < -0.3 is 10.2 Å². The van der Waals surface area contributed by atoms with Gasteiger partial charge in [0.15, 0.2) is 0 Å². The number of nitrogens with one attached hydrogen (secondary N) is 1. The second-order valence-electron chi connectivity index (χ2n) is 7.32. The minimum Gasteiger partial charge on any atom is -0.342 e. The number of hydrogen-bond donors (Lipinski definition) is 1. The van der Waals surface area contributed by atoms with E-state index in [0.29, 0.717) is 18.3 Å². The minimum atomic E-state index is -0.461. The van der Waals surface area contributed by atoms with Crippen molar-refractivity contribution in [1.82, 2.24) is 20.0 Å². The average molecular weight is 350 g/mol. The highest BCUT2D eigenvalue weighted by atomic mass is 32.2. The van der Waals surface area contributed by atoms with Gasteiger partial charge in [0.05, 0.1) is 10.4 Å². The maximum Gasteiger partial charge on any atom is 0.246 e. The molecule has 7 heteroatoms. The van der Waals surface area contributed by atoms with E-state index in [1.807, 2.05) is 44.3 Å². The number of hydrogen-bond acceptors (Lipinski definition) is 4. The van der Waals surface area contributed by atoms with E-state index in [-0.39, 0.29) is 11.8 Å². The summed E-state index contributed by atoms with van der Waals surface area (Å²) in [5.41, 5.74) is 3.18. The quantitative estimate of drug-likeness (QED) is 0.894. The first-order chi connectivity index (χ1) is 11.2. The van der Waals surface area contributed by atoms with Crippen LogP contribution < -0.4 is 5.32 Å². The SMILES string of the molecule is Cc1nn(C)c(C)c1CN(C(=O)C1CSC(C)(C)C(=O)N1)C1CC1. The Morgan fingerprint density at radius 3 is 2.58 bits per heavy atom. The summed E-state index contributed by atoms with van der Waals surface area (Å²) in [6.45, 7) is 8.39. The molecule has 2 fully saturated rings. The lowest BCUT2D eigenvalue weighted by molar-refractivity contribution is -0.137. The largest absolute Gasteiger partial charge is 0.342 e. The number of nitrogens with zero attached hydrogens (tertiary/aromatic N) is 3. The van der Waals surface area contributed by atoms with Crippen LogP contribution in [0.4, 0.5) is 0 Å². The standard InChI is InChI=1S/C17H26N4O2S/c1-10-13(11(2)20(5)19-10)8-21(12-6-7-12)15(22)14-9-24-17(3,4)16(23)18-14/h12,14H,6-9H2,1-5H3,(H,18,23). The number of amides is 2. The molecule has 132 valence electrons. The highest BCUT2D eigenvalue weighted by molar-refractivity contribution is 8.01. The lowest BCUT2D eigenvalue weighted by Gasteiger charge is -2.35. The van der Waals surface area contributed by atoms with Crippen LogP contribution in [-0.2, 0) is 23.2 Å². The van der Waals surface area contributed by atoms with E-state index < -0.39 is 10.8 Å². The molecule has 2 heterocycles.